The lowest BCUT2D eigenvalue weighted by Gasteiger charge is -2.18. The number of rotatable bonds is 6. The zero-order chi connectivity index (χ0) is 8.69. The first kappa shape index (κ1) is 10.9. The van der Waals surface area contributed by atoms with Crippen LogP contribution in [0.5, 0.6) is 0 Å². The van der Waals surface area contributed by atoms with Gasteiger partial charge in [0.15, 0.2) is 0 Å². The normalized spacial score (nSPS) is 13.9. The Balaban J connectivity index is 3.51. The third-order valence-electron chi connectivity index (χ3n) is 2.20. The van der Waals surface area contributed by atoms with Crippen LogP contribution in [0.25, 0.3) is 0 Å². The van der Waals surface area contributed by atoms with E-state index in [9.17, 15) is 4.39 Å². The van der Waals surface area contributed by atoms with E-state index < -0.39 is 0 Å². The number of hydrogen-bond acceptors (Lipinski definition) is 1. The molecule has 0 saturated heterocycles. The van der Waals surface area contributed by atoms with E-state index in [-0.39, 0.29) is 6.67 Å². The standard InChI is InChI=1S/C9H20FN/c1-8(2)9(5-6-10)4-3-7-11/h8-9H,3-7,11H2,1-2H3. The van der Waals surface area contributed by atoms with Gasteiger partial charge in [-0.05, 0) is 37.6 Å². The van der Waals surface area contributed by atoms with Crippen LogP contribution in [0.3, 0.4) is 0 Å². The van der Waals surface area contributed by atoms with Gasteiger partial charge in [0.05, 0.1) is 6.67 Å². The monoisotopic (exact) mass is 161 g/mol. The molecule has 0 rings (SSSR count). The summed E-state index contributed by atoms with van der Waals surface area (Å²) in [6.45, 7) is 4.84. The Labute approximate surface area is 69.2 Å². The molecule has 1 atom stereocenters. The molecule has 0 saturated carbocycles. The van der Waals surface area contributed by atoms with E-state index in [4.69, 9.17) is 5.73 Å². The van der Waals surface area contributed by atoms with Crippen LogP contribution in [0.2, 0.25) is 0 Å². The van der Waals surface area contributed by atoms with Gasteiger partial charge in [-0.15, -0.1) is 0 Å². The van der Waals surface area contributed by atoms with Gasteiger partial charge in [0.2, 0.25) is 0 Å². The molecule has 0 aliphatic rings. The van der Waals surface area contributed by atoms with Gasteiger partial charge < -0.3 is 5.73 Å². The maximum absolute atomic E-state index is 12.0. The Morgan fingerprint density at radius 1 is 1.27 bits per heavy atom. The van der Waals surface area contributed by atoms with Crippen molar-refractivity contribution in [1.29, 1.82) is 0 Å². The fourth-order valence-electron chi connectivity index (χ4n) is 1.33. The van der Waals surface area contributed by atoms with Gasteiger partial charge in [0.25, 0.3) is 0 Å². The largest absolute Gasteiger partial charge is 0.330 e. The summed E-state index contributed by atoms with van der Waals surface area (Å²) in [6.07, 6.45) is 2.82. The fourth-order valence-corrected chi connectivity index (χ4v) is 1.33. The van der Waals surface area contributed by atoms with Crippen molar-refractivity contribution in [3.8, 4) is 0 Å². The van der Waals surface area contributed by atoms with Gasteiger partial charge in [0.1, 0.15) is 0 Å². The fraction of sp³-hybridized carbons (Fsp3) is 1.00. The third-order valence-corrected chi connectivity index (χ3v) is 2.20. The maximum Gasteiger partial charge on any atom is 0.0897 e. The van der Waals surface area contributed by atoms with Crippen molar-refractivity contribution in [1.82, 2.24) is 0 Å². The van der Waals surface area contributed by atoms with E-state index in [1.807, 2.05) is 0 Å². The van der Waals surface area contributed by atoms with E-state index >= 15 is 0 Å². The van der Waals surface area contributed by atoms with E-state index in [0.29, 0.717) is 18.3 Å². The summed E-state index contributed by atoms with van der Waals surface area (Å²) in [5.41, 5.74) is 5.38. The predicted octanol–water partition coefficient (Wildman–Crippen LogP) is 2.36. The zero-order valence-corrected chi connectivity index (χ0v) is 7.65. The Hall–Kier alpha value is -0.110. The van der Waals surface area contributed by atoms with Gasteiger partial charge in [-0.2, -0.15) is 0 Å². The average molecular weight is 161 g/mol. The number of alkyl halides is 1. The molecule has 0 aromatic carbocycles. The lowest BCUT2D eigenvalue weighted by Crippen LogP contribution is -2.12. The summed E-state index contributed by atoms with van der Waals surface area (Å²) in [4.78, 5) is 0. The summed E-state index contributed by atoms with van der Waals surface area (Å²) < 4.78 is 12.0. The molecule has 0 heterocycles. The molecule has 2 heteroatoms. The SMILES string of the molecule is CC(C)C(CCF)CCCN. The third kappa shape index (κ3) is 5.19. The highest BCUT2D eigenvalue weighted by atomic mass is 19.1. The van der Waals surface area contributed by atoms with E-state index in [2.05, 4.69) is 13.8 Å². The van der Waals surface area contributed by atoms with E-state index in [1.165, 1.54) is 0 Å². The first-order valence-electron chi connectivity index (χ1n) is 4.48. The van der Waals surface area contributed by atoms with Gasteiger partial charge in [-0.25, -0.2) is 0 Å². The second kappa shape index (κ2) is 6.59. The summed E-state index contributed by atoms with van der Waals surface area (Å²) in [5, 5.41) is 0. The Morgan fingerprint density at radius 2 is 1.91 bits per heavy atom. The smallest absolute Gasteiger partial charge is 0.0897 e. The first-order valence-corrected chi connectivity index (χ1v) is 4.48. The van der Waals surface area contributed by atoms with E-state index in [0.717, 1.165) is 19.4 Å². The summed E-state index contributed by atoms with van der Waals surface area (Å²) in [6, 6.07) is 0. The molecule has 0 fully saturated rings. The predicted molar refractivity (Wildman–Crippen MR) is 47.2 cm³/mol. The minimum absolute atomic E-state index is 0.187. The van der Waals surface area contributed by atoms with Crippen LogP contribution in [0, 0.1) is 11.8 Å². The number of hydrogen-bond donors (Lipinski definition) is 1. The molecule has 68 valence electrons. The van der Waals surface area contributed by atoms with Crippen molar-refractivity contribution >= 4 is 0 Å². The molecular weight excluding hydrogens is 141 g/mol. The molecule has 2 N–H and O–H groups in total. The molecule has 0 aromatic rings. The second-order valence-corrected chi connectivity index (χ2v) is 3.41. The van der Waals surface area contributed by atoms with Gasteiger partial charge in [-0.3, -0.25) is 4.39 Å². The number of halogens is 1. The summed E-state index contributed by atoms with van der Waals surface area (Å²) in [5.74, 6) is 1.13. The van der Waals surface area contributed by atoms with Crippen LogP contribution in [-0.4, -0.2) is 13.2 Å². The van der Waals surface area contributed by atoms with E-state index in [1.54, 1.807) is 0 Å². The Kier molecular flexibility index (Phi) is 6.52. The highest BCUT2D eigenvalue weighted by Gasteiger charge is 2.11. The topological polar surface area (TPSA) is 26.0 Å². The molecule has 0 amide bonds. The lowest BCUT2D eigenvalue weighted by atomic mass is 9.89. The maximum atomic E-state index is 12.0. The summed E-state index contributed by atoms with van der Waals surface area (Å²) in [7, 11) is 0. The van der Waals surface area contributed by atoms with Crippen LogP contribution < -0.4 is 5.73 Å². The van der Waals surface area contributed by atoms with Crippen molar-refractivity contribution in [2.45, 2.75) is 33.1 Å². The molecule has 1 unspecified atom stereocenters. The Bertz CT molecular complexity index is 83.6. The average Bonchev–Trinajstić information content (AvgIpc) is 1.97. The molecule has 0 aliphatic heterocycles. The molecule has 0 aliphatic carbocycles. The highest BCUT2D eigenvalue weighted by Crippen LogP contribution is 2.20. The van der Waals surface area contributed by atoms with Crippen LogP contribution in [0.4, 0.5) is 4.39 Å². The van der Waals surface area contributed by atoms with Gasteiger partial charge >= 0.3 is 0 Å². The van der Waals surface area contributed by atoms with Crippen LogP contribution in [-0.2, 0) is 0 Å². The molecule has 0 radical (unpaired) electrons. The molecule has 0 aromatic heterocycles. The minimum atomic E-state index is -0.187. The summed E-state index contributed by atoms with van der Waals surface area (Å²) >= 11 is 0. The Morgan fingerprint density at radius 3 is 2.27 bits per heavy atom. The molecule has 1 nitrogen and oxygen atoms in total. The van der Waals surface area contributed by atoms with Gasteiger partial charge in [-0.1, -0.05) is 13.8 Å². The zero-order valence-electron chi connectivity index (χ0n) is 7.65. The molecule has 11 heavy (non-hydrogen) atoms. The number of nitrogens with two attached hydrogens (primary N) is 1. The lowest BCUT2D eigenvalue weighted by molar-refractivity contribution is 0.294. The molecule has 0 spiro atoms. The van der Waals surface area contributed by atoms with Crippen molar-refractivity contribution in [2.75, 3.05) is 13.2 Å². The molecule has 0 bridgehead atoms. The van der Waals surface area contributed by atoms with Crippen LogP contribution in [0.15, 0.2) is 0 Å². The van der Waals surface area contributed by atoms with Gasteiger partial charge in [0, 0.05) is 0 Å². The van der Waals surface area contributed by atoms with Crippen molar-refractivity contribution in [3.63, 3.8) is 0 Å². The minimum Gasteiger partial charge on any atom is -0.330 e. The van der Waals surface area contributed by atoms with Crippen molar-refractivity contribution < 1.29 is 4.39 Å². The van der Waals surface area contributed by atoms with Crippen molar-refractivity contribution in [2.24, 2.45) is 17.6 Å². The van der Waals surface area contributed by atoms with Crippen LogP contribution >= 0.6 is 0 Å². The first-order chi connectivity index (χ1) is 5.22. The second-order valence-electron chi connectivity index (χ2n) is 3.41. The quantitative estimate of drug-likeness (QED) is 0.636. The molecular formula is C9H20FN. The van der Waals surface area contributed by atoms with Crippen molar-refractivity contribution in [3.05, 3.63) is 0 Å². The van der Waals surface area contributed by atoms with Crippen LogP contribution in [0.1, 0.15) is 33.1 Å². The highest BCUT2D eigenvalue weighted by molar-refractivity contribution is 4.63.